The number of aromatic nitrogens is 2. The van der Waals surface area contributed by atoms with Crippen molar-refractivity contribution in [3.05, 3.63) is 66.0 Å². The molecule has 0 amide bonds. The molecule has 0 bridgehead atoms. The molecule has 2 saturated heterocycles. The lowest BCUT2D eigenvalue weighted by molar-refractivity contribution is 0.0880. The van der Waals surface area contributed by atoms with Gasteiger partial charge in [0.25, 0.3) is 0 Å². The lowest BCUT2D eigenvalue weighted by atomic mass is 10.0. The fourth-order valence-electron chi connectivity index (χ4n) is 4.94. The van der Waals surface area contributed by atoms with Crippen LogP contribution < -0.4 is 4.90 Å². The van der Waals surface area contributed by atoms with Crippen LogP contribution in [0.3, 0.4) is 0 Å². The van der Waals surface area contributed by atoms with Gasteiger partial charge in [-0.25, -0.2) is 9.97 Å². The first kappa shape index (κ1) is 19.5. The normalized spacial score (nSPS) is 21.2. The van der Waals surface area contributed by atoms with Crippen LogP contribution >= 0.6 is 0 Å². The largest absolute Gasteiger partial charge is 0.369 e. The zero-order valence-corrected chi connectivity index (χ0v) is 17.9. The Kier molecular flexibility index (Phi) is 5.65. The van der Waals surface area contributed by atoms with Crippen molar-refractivity contribution in [1.29, 1.82) is 0 Å². The Morgan fingerprint density at radius 3 is 2.30 bits per heavy atom. The number of anilines is 1. The molecule has 30 heavy (non-hydrogen) atoms. The molecule has 0 saturated carbocycles. The maximum absolute atomic E-state index is 4.93. The highest BCUT2D eigenvalue weighted by molar-refractivity contribution is 5.74. The molecule has 3 heterocycles. The molecule has 0 radical (unpaired) electrons. The summed E-state index contributed by atoms with van der Waals surface area (Å²) < 4.78 is 0. The molecule has 3 aromatic rings. The van der Waals surface area contributed by atoms with Gasteiger partial charge in [-0.05, 0) is 50.6 Å². The molecule has 5 heteroatoms. The van der Waals surface area contributed by atoms with Crippen LogP contribution in [-0.4, -0.2) is 65.1 Å². The Hall–Kier alpha value is -2.50. The summed E-state index contributed by atoms with van der Waals surface area (Å²) in [7, 11) is 0. The van der Waals surface area contributed by atoms with E-state index in [4.69, 9.17) is 9.97 Å². The molecule has 0 aliphatic carbocycles. The lowest BCUT2D eigenvalue weighted by Gasteiger charge is -2.44. The van der Waals surface area contributed by atoms with E-state index >= 15 is 0 Å². The molecule has 1 aromatic heterocycles. The first-order valence-corrected chi connectivity index (χ1v) is 11.2. The summed E-state index contributed by atoms with van der Waals surface area (Å²) in [6.45, 7) is 9.85. The summed E-state index contributed by atoms with van der Waals surface area (Å²) in [6.07, 6.45) is 2.58. The lowest BCUT2D eigenvalue weighted by Crippen LogP contribution is -2.55. The smallest absolute Gasteiger partial charge is 0.0890 e. The number of fused-ring (bicyclic) bond motifs is 1. The summed E-state index contributed by atoms with van der Waals surface area (Å²) in [6, 6.07) is 19.7. The van der Waals surface area contributed by atoms with E-state index in [2.05, 4.69) is 58.0 Å². The molecule has 0 N–H and O–H groups in total. The summed E-state index contributed by atoms with van der Waals surface area (Å²) in [5.74, 6) is 0. The second kappa shape index (κ2) is 8.70. The Morgan fingerprint density at radius 2 is 1.53 bits per heavy atom. The zero-order valence-electron chi connectivity index (χ0n) is 17.9. The van der Waals surface area contributed by atoms with Crippen molar-refractivity contribution in [2.75, 3.05) is 44.2 Å². The second-order valence-electron chi connectivity index (χ2n) is 8.63. The number of piperazine rings is 1. The van der Waals surface area contributed by atoms with Gasteiger partial charge in [-0.15, -0.1) is 0 Å². The maximum Gasteiger partial charge on any atom is 0.0890 e. The molecular formula is C25H31N5. The van der Waals surface area contributed by atoms with Crippen LogP contribution in [0.2, 0.25) is 0 Å². The highest BCUT2D eigenvalue weighted by Gasteiger charge is 2.28. The third-order valence-corrected chi connectivity index (χ3v) is 6.65. The van der Waals surface area contributed by atoms with Crippen LogP contribution in [0.4, 0.5) is 5.69 Å². The van der Waals surface area contributed by atoms with Gasteiger partial charge in [0.05, 0.1) is 22.4 Å². The van der Waals surface area contributed by atoms with E-state index in [1.54, 1.807) is 0 Å². The SMILES string of the molecule is Cc1nc2ccccc2nc1CN1CCC[C@H](N2CCN(c3ccccc3)CC2)C1. The van der Waals surface area contributed by atoms with Gasteiger partial charge in [-0.2, -0.15) is 0 Å². The van der Waals surface area contributed by atoms with Crippen LogP contribution in [0.1, 0.15) is 24.2 Å². The van der Waals surface area contributed by atoms with Crippen molar-refractivity contribution in [2.45, 2.75) is 32.4 Å². The van der Waals surface area contributed by atoms with Gasteiger partial charge in [0.2, 0.25) is 0 Å². The van der Waals surface area contributed by atoms with Crippen LogP contribution in [-0.2, 0) is 6.54 Å². The molecule has 2 aliphatic heterocycles. The molecular weight excluding hydrogens is 370 g/mol. The van der Waals surface area contributed by atoms with Gasteiger partial charge >= 0.3 is 0 Å². The van der Waals surface area contributed by atoms with Crippen molar-refractivity contribution in [1.82, 2.24) is 19.8 Å². The van der Waals surface area contributed by atoms with Crippen LogP contribution in [0, 0.1) is 6.92 Å². The second-order valence-corrected chi connectivity index (χ2v) is 8.63. The molecule has 2 fully saturated rings. The molecule has 1 atom stereocenters. The topological polar surface area (TPSA) is 35.5 Å². The van der Waals surface area contributed by atoms with E-state index in [0.717, 1.165) is 68.2 Å². The van der Waals surface area contributed by atoms with Crippen LogP contribution in [0.5, 0.6) is 0 Å². The Bertz CT molecular complexity index is 981. The molecule has 5 rings (SSSR count). The minimum Gasteiger partial charge on any atom is -0.369 e. The van der Waals surface area contributed by atoms with E-state index in [-0.39, 0.29) is 0 Å². The summed E-state index contributed by atoms with van der Waals surface area (Å²) in [5.41, 5.74) is 5.54. The molecule has 5 nitrogen and oxygen atoms in total. The molecule has 2 aliphatic rings. The van der Waals surface area contributed by atoms with Crippen molar-refractivity contribution < 1.29 is 0 Å². The van der Waals surface area contributed by atoms with Gasteiger partial charge in [0.15, 0.2) is 0 Å². The fourth-order valence-corrected chi connectivity index (χ4v) is 4.94. The van der Waals surface area contributed by atoms with E-state index in [9.17, 15) is 0 Å². The number of likely N-dealkylation sites (tertiary alicyclic amines) is 1. The highest BCUT2D eigenvalue weighted by Crippen LogP contribution is 2.22. The number of nitrogens with zero attached hydrogens (tertiary/aromatic N) is 5. The Morgan fingerprint density at radius 1 is 0.833 bits per heavy atom. The number of rotatable bonds is 4. The van der Waals surface area contributed by atoms with Gasteiger partial charge in [-0.3, -0.25) is 9.80 Å². The third-order valence-electron chi connectivity index (χ3n) is 6.65. The molecule has 0 spiro atoms. The van der Waals surface area contributed by atoms with Gasteiger partial charge in [0.1, 0.15) is 0 Å². The van der Waals surface area contributed by atoms with Crippen LogP contribution in [0.25, 0.3) is 11.0 Å². The number of para-hydroxylation sites is 3. The minimum atomic E-state index is 0.658. The fraction of sp³-hybridized carbons (Fsp3) is 0.440. The summed E-state index contributed by atoms with van der Waals surface area (Å²) in [5, 5.41) is 0. The minimum absolute atomic E-state index is 0.658. The predicted octanol–water partition coefficient (Wildman–Crippen LogP) is 3.72. The number of hydrogen-bond acceptors (Lipinski definition) is 5. The van der Waals surface area contributed by atoms with Crippen LogP contribution in [0.15, 0.2) is 54.6 Å². The monoisotopic (exact) mass is 401 g/mol. The number of hydrogen-bond donors (Lipinski definition) is 0. The summed E-state index contributed by atoms with van der Waals surface area (Å²) >= 11 is 0. The Balaban J connectivity index is 1.21. The van der Waals surface area contributed by atoms with E-state index in [1.165, 1.54) is 18.5 Å². The number of benzene rings is 2. The Labute approximate surface area is 179 Å². The average Bonchev–Trinajstić information content (AvgIpc) is 2.80. The molecule has 0 unspecified atom stereocenters. The highest BCUT2D eigenvalue weighted by atomic mass is 15.3. The van der Waals surface area contributed by atoms with Gasteiger partial charge < -0.3 is 4.90 Å². The van der Waals surface area contributed by atoms with Crippen molar-refractivity contribution in [2.24, 2.45) is 0 Å². The predicted molar refractivity (Wildman–Crippen MR) is 123 cm³/mol. The third kappa shape index (κ3) is 4.18. The number of piperidine rings is 1. The van der Waals surface area contributed by atoms with E-state index < -0.39 is 0 Å². The first-order chi connectivity index (χ1) is 14.8. The number of aryl methyl sites for hydroxylation is 1. The quantitative estimate of drug-likeness (QED) is 0.666. The maximum atomic E-state index is 4.93. The molecule has 2 aromatic carbocycles. The summed E-state index contributed by atoms with van der Waals surface area (Å²) in [4.78, 5) is 17.5. The van der Waals surface area contributed by atoms with Crippen molar-refractivity contribution in [3.63, 3.8) is 0 Å². The first-order valence-electron chi connectivity index (χ1n) is 11.2. The van der Waals surface area contributed by atoms with E-state index in [0.29, 0.717) is 6.04 Å². The van der Waals surface area contributed by atoms with Gasteiger partial charge in [0, 0.05) is 51.0 Å². The van der Waals surface area contributed by atoms with Crippen molar-refractivity contribution >= 4 is 16.7 Å². The van der Waals surface area contributed by atoms with Gasteiger partial charge in [-0.1, -0.05) is 30.3 Å². The zero-order chi connectivity index (χ0) is 20.3. The standard InChI is InChI=1S/C25H31N5/c1-20-25(27-24-12-6-5-11-23(24)26-20)19-28-13-7-10-22(18-28)30-16-14-29(15-17-30)21-8-3-2-4-9-21/h2-6,8-9,11-12,22H,7,10,13-19H2,1H3/t22-/m0/s1. The van der Waals surface area contributed by atoms with E-state index in [1.807, 2.05) is 18.2 Å². The molecule has 156 valence electrons. The van der Waals surface area contributed by atoms with Crippen molar-refractivity contribution in [3.8, 4) is 0 Å². The average molecular weight is 402 g/mol.